The largest absolute Gasteiger partial charge is 0.478 e. The minimum Gasteiger partial charge on any atom is -0.478 e. The lowest BCUT2D eigenvalue weighted by atomic mass is 10.1. The molecule has 7 nitrogen and oxygen atoms in total. The molecule has 0 saturated carbocycles. The van der Waals surface area contributed by atoms with E-state index in [2.05, 4.69) is 5.32 Å². The summed E-state index contributed by atoms with van der Waals surface area (Å²) in [5.74, 6) is -1.27. The average molecular weight is 302 g/mol. The van der Waals surface area contributed by atoms with Crippen molar-refractivity contribution in [1.82, 2.24) is 4.90 Å². The first kappa shape index (κ1) is 16.2. The van der Waals surface area contributed by atoms with Crippen LogP contribution in [0.25, 0.3) is 0 Å². The van der Waals surface area contributed by atoms with Crippen molar-refractivity contribution < 1.29 is 14.8 Å². The molecule has 20 heavy (non-hydrogen) atoms. The van der Waals surface area contributed by atoms with E-state index in [1.807, 2.05) is 25.9 Å². The Morgan fingerprint density at radius 3 is 2.60 bits per heavy atom. The van der Waals surface area contributed by atoms with Crippen LogP contribution in [0.4, 0.5) is 11.4 Å². The zero-order valence-electron chi connectivity index (χ0n) is 11.4. The molecule has 0 aromatic heterocycles. The number of aromatic carboxylic acids is 1. The summed E-state index contributed by atoms with van der Waals surface area (Å²) in [7, 11) is 3.78. The van der Waals surface area contributed by atoms with Crippen molar-refractivity contribution in [3.8, 4) is 0 Å². The monoisotopic (exact) mass is 301 g/mol. The number of rotatable bonds is 6. The van der Waals surface area contributed by atoms with Gasteiger partial charge in [-0.3, -0.25) is 10.1 Å². The quantitative estimate of drug-likeness (QED) is 0.618. The average Bonchev–Trinajstić information content (AvgIpc) is 2.35. The molecular formula is C12H16ClN3O4. The second kappa shape index (κ2) is 6.53. The zero-order chi connectivity index (χ0) is 15.4. The maximum Gasteiger partial charge on any atom is 0.338 e. The number of carboxylic acid groups (broad SMARTS) is 1. The number of hydrogen-bond acceptors (Lipinski definition) is 5. The van der Waals surface area contributed by atoms with Crippen molar-refractivity contribution in [2.24, 2.45) is 0 Å². The summed E-state index contributed by atoms with van der Waals surface area (Å²) in [5.41, 5.74) is -0.368. The summed E-state index contributed by atoms with van der Waals surface area (Å²) in [6, 6.07) is 2.27. The van der Waals surface area contributed by atoms with E-state index in [0.717, 1.165) is 12.1 Å². The van der Waals surface area contributed by atoms with Gasteiger partial charge in [0.2, 0.25) is 0 Å². The summed E-state index contributed by atoms with van der Waals surface area (Å²) in [6.07, 6.45) is 0. The normalized spacial score (nSPS) is 12.2. The Balaban J connectivity index is 3.12. The maximum absolute atomic E-state index is 11.2. The third kappa shape index (κ3) is 3.82. The second-order valence-electron chi connectivity index (χ2n) is 4.61. The highest BCUT2D eigenvalue weighted by molar-refractivity contribution is 6.34. The molecule has 0 radical (unpaired) electrons. The molecule has 0 aliphatic heterocycles. The number of non-ortho nitro benzene ring substituents is 1. The summed E-state index contributed by atoms with van der Waals surface area (Å²) in [5, 5.41) is 22.8. The number of hydrogen-bond donors (Lipinski definition) is 2. The number of nitro groups is 1. The number of carbonyl (C=O) groups is 1. The Morgan fingerprint density at radius 1 is 1.55 bits per heavy atom. The van der Waals surface area contributed by atoms with Gasteiger partial charge in [-0.05, 0) is 21.0 Å². The van der Waals surface area contributed by atoms with Gasteiger partial charge in [0.1, 0.15) is 0 Å². The van der Waals surface area contributed by atoms with Gasteiger partial charge < -0.3 is 15.3 Å². The molecule has 110 valence electrons. The molecule has 0 saturated heterocycles. The molecule has 1 aromatic rings. The minimum atomic E-state index is -1.27. The van der Waals surface area contributed by atoms with Gasteiger partial charge in [0.25, 0.3) is 5.69 Å². The van der Waals surface area contributed by atoms with Gasteiger partial charge in [-0.25, -0.2) is 4.79 Å². The van der Waals surface area contributed by atoms with Gasteiger partial charge in [0, 0.05) is 24.7 Å². The molecular weight excluding hydrogens is 286 g/mol. The Kier molecular flexibility index (Phi) is 5.29. The summed E-state index contributed by atoms with van der Waals surface area (Å²) in [4.78, 5) is 23.2. The fraction of sp³-hybridized carbons (Fsp3) is 0.417. The summed E-state index contributed by atoms with van der Waals surface area (Å²) in [6.45, 7) is 2.41. The number of nitrogens with one attached hydrogen (secondary N) is 1. The lowest BCUT2D eigenvalue weighted by molar-refractivity contribution is -0.384. The van der Waals surface area contributed by atoms with Crippen LogP contribution in [0.5, 0.6) is 0 Å². The highest BCUT2D eigenvalue weighted by Crippen LogP contribution is 2.31. The lowest BCUT2D eigenvalue weighted by Crippen LogP contribution is -2.31. The van der Waals surface area contributed by atoms with Gasteiger partial charge >= 0.3 is 5.97 Å². The first-order valence-corrected chi connectivity index (χ1v) is 6.23. The molecule has 1 rings (SSSR count). The molecule has 1 atom stereocenters. The van der Waals surface area contributed by atoms with Crippen LogP contribution in [0.15, 0.2) is 12.1 Å². The molecule has 8 heteroatoms. The van der Waals surface area contributed by atoms with E-state index in [1.165, 1.54) is 0 Å². The van der Waals surface area contributed by atoms with Crippen molar-refractivity contribution in [2.75, 3.05) is 26.0 Å². The van der Waals surface area contributed by atoms with Crippen LogP contribution in [-0.4, -0.2) is 47.6 Å². The van der Waals surface area contributed by atoms with Crippen LogP contribution < -0.4 is 5.32 Å². The minimum absolute atomic E-state index is 0.0163. The van der Waals surface area contributed by atoms with Crippen LogP contribution in [-0.2, 0) is 0 Å². The van der Waals surface area contributed by atoms with Crippen LogP contribution in [0.2, 0.25) is 5.02 Å². The number of carboxylic acids is 1. The summed E-state index contributed by atoms with van der Waals surface area (Å²) < 4.78 is 0. The lowest BCUT2D eigenvalue weighted by Gasteiger charge is -2.21. The second-order valence-corrected chi connectivity index (χ2v) is 5.01. The van der Waals surface area contributed by atoms with Crippen LogP contribution in [0, 0.1) is 10.1 Å². The summed E-state index contributed by atoms with van der Waals surface area (Å²) >= 11 is 5.94. The van der Waals surface area contributed by atoms with E-state index in [9.17, 15) is 14.9 Å². The van der Waals surface area contributed by atoms with E-state index < -0.39 is 10.9 Å². The maximum atomic E-state index is 11.2. The van der Waals surface area contributed by atoms with Gasteiger partial charge in [-0.15, -0.1) is 0 Å². The van der Waals surface area contributed by atoms with Crippen molar-refractivity contribution in [3.63, 3.8) is 0 Å². The van der Waals surface area contributed by atoms with Gasteiger partial charge in [-0.2, -0.15) is 0 Å². The Labute approximate surface area is 121 Å². The highest BCUT2D eigenvalue weighted by atomic mass is 35.5. The molecule has 0 aliphatic carbocycles. The Morgan fingerprint density at radius 2 is 2.15 bits per heavy atom. The van der Waals surface area contributed by atoms with Crippen molar-refractivity contribution >= 4 is 28.9 Å². The number of likely N-dealkylation sites (N-methyl/N-ethyl adjacent to an activating group) is 1. The Bertz CT molecular complexity index is 534. The van der Waals surface area contributed by atoms with Crippen LogP contribution in [0.1, 0.15) is 17.3 Å². The molecule has 1 unspecified atom stereocenters. The van der Waals surface area contributed by atoms with E-state index in [4.69, 9.17) is 16.7 Å². The third-order valence-electron chi connectivity index (χ3n) is 2.97. The van der Waals surface area contributed by atoms with Crippen molar-refractivity contribution in [2.45, 2.75) is 13.0 Å². The number of halogens is 1. The highest BCUT2D eigenvalue weighted by Gasteiger charge is 2.20. The third-order valence-corrected chi connectivity index (χ3v) is 3.27. The topological polar surface area (TPSA) is 95.7 Å². The first-order chi connectivity index (χ1) is 9.23. The van der Waals surface area contributed by atoms with E-state index in [-0.39, 0.29) is 28.0 Å². The molecule has 0 bridgehead atoms. The van der Waals surface area contributed by atoms with Crippen LogP contribution in [0.3, 0.4) is 0 Å². The zero-order valence-corrected chi connectivity index (χ0v) is 12.1. The van der Waals surface area contributed by atoms with Gasteiger partial charge in [-0.1, -0.05) is 11.6 Å². The molecule has 0 spiro atoms. The van der Waals surface area contributed by atoms with Crippen molar-refractivity contribution in [3.05, 3.63) is 32.8 Å². The number of anilines is 1. The predicted molar refractivity (Wildman–Crippen MR) is 76.7 cm³/mol. The predicted octanol–water partition coefficient (Wildman–Crippen LogP) is 2.31. The molecule has 0 heterocycles. The van der Waals surface area contributed by atoms with Gasteiger partial charge in [0.05, 0.1) is 21.2 Å². The molecule has 0 aliphatic rings. The number of benzene rings is 1. The standard InChI is InChI=1S/C12H16ClN3O4/c1-7(15(2)3)6-14-11-9(12(17)18)4-8(16(19)20)5-10(11)13/h4-5,7,14H,6H2,1-3H3,(H,17,18). The molecule has 0 fully saturated rings. The number of nitro benzene ring substituents is 1. The van der Waals surface area contributed by atoms with E-state index >= 15 is 0 Å². The van der Waals surface area contributed by atoms with Crippen molar-refractivity contribution in [1.29, 1.82) is 0 Å². The first-order valence-electron chi connectivity index (χ1n) is 5.85. The van der Waals surface area contributed by atoms with Crippen LogP contribution >= 0.6 is 11.6 Å². The smallest absolute Gasteiger partial charge is 0.338 e. The molecule has 1 aromatic carbocycles. The SMILES string of the molecule is CC(CNc1c(Cl)cc([N+](=O)[O-])cc1C(=O)O)N(C)C. The fourth-order valence-corrected chi connectivity index (χ4v) is 1.76. The molecule has 2 N–H and O–H groups in total. The number of nitrogens with zero attached hydrogens (tertiary/aromatic N) is 2. The van der Waals surface area contributed by atoms with E-state index in [1.54, 1.807) is 0 Å². The van der Waals surface area contributed by atoms with Gasteiger partial charge in [0.15, 0.2) is 0 Å². The molecule has 0 amide bonds. The van der Waals surface area contributed by atoms with E-state index in [0.29, 0.717) is 6.54 Å². The fourth-order valence-electron chi connectivity index (χ4n) is 1.48. The Hall–Kier alpha value is -1.86.